The van der Waals surface area contributed by atoms with Gasteiger partial charge in [0.1, 0.15) is 0 Å². The largest absolute Gasteiger partial charge is 0.416 e. The van der Waals surface area contributed by atoms with Crippen molar-refractivity contribution in [1.82, 2.24) is 10.2 Å². The summed E-state index contributed by atoms with van der Waals surface area (Å²) in [6.07, 6.45) is 6.68. The third-order valence-electron chi connectivity index (χ3n) is 10.5. The van der Waals surface area contributed by atoms with Crippen molar-refractivity contribution in [2.45, 2.75) is 77.6 Å². The second-order valence-corrected chi connectivity index (χ2v) is 12.1. The highest BCUT2D eigenvalue weighted by Crippen LogP contribution is 2.65. The summed E-state index contributed by atoms with van der Waals surface area (Å²) in [5.41, 5.74) is 0.143. The van der Waals surface area contributed by atoms with Crippen LogP contribution < -0.4 is 5.32 Å². The van der Waals surface area contributed by atoms with E-state index >= 15 is 0 Å². The molecular formula is C29H37F3N2O2. The van der Waals surface area contributed by atoms with E-state index in [4.69, 9.17) is 0 Å². The van der Waals surface area contributed by atoms with E-state index in [0.29, 0.717) is 35.7 Å². The van der Waals surface area contributed by atoms with Gasteiger partial charge in [0.05, 0.1) is 5.56 Å². The average Bonchev–Trinajstić information content (AvgIpc) is 3.16. The van der Waals surface area contributed by atoms with Crippen molar-refractivity contribution < 1.29 is 22.8 Å². The van der Waals surface area contributed by atoms with Crippen molar-refractivity contribution >= 4 is 11.8 Å². The van der Waals surface area contributed by atoms with Crippen LogP contribution in [0.5, 0.6) is 0 Å². The molecule has 7 atom stereocenters. The second kappa shape index (κ2) is 8.91. The zero-order valence-electron chi connectivity index (χ0n) is 21.4. The summed E-state index contributed by atoms with van der Waals surface area (Å²) in [4.78, 5) is 27.1. The first-order chi connectivity index (χ1) is 16.9. The van der Waals surface area contributed by atoms with Crippen molar-refractivity contribution in [3.8, 4) is 0 Å². The molecule has 1 aromatic carbocycles. The van der Waals surface area contributed by atoms with Gasteiger partial charge in [-0.2, -0.15) is 13.2 Å². The summed E-state index contributed by atoms with van der Waals surface area (Å²) in [7, 11) is 1.94. The lowest BCUT2D eigenvalue weighted by molar-refractivity contribution is -0.139. The summed E-state index contributed by atoms with van der Waals surface area (Å²) < 4.78 is 38.4. The number of benzene rings is 1. The second-order valence-electron chi connectivity index (χ2n) is 12.1. The Morgan fingerprint density at radius 2 is 1.78 bits per heavy atom. The maximum atomic E-state index is 12.9. The van der Waals surface area contributed by atoms with Crippen LogP contribution in [-0.4, -0.2) is 29.8 Å². The van der Waals surface area contributed by atoms with Gasteiger partial charge in [0.25, 0.3) is 0 Å². The molecule has 1 N–H and O–H groups in total. The lowest BCUT2D eigenvalue weighted by atomic mass is 9.47. The van der Waals surface area contributed by atoms with Crippen LogP contribution in [0.4, 0.5) is 13.2 Å². The standard InChI is InChI=1S/C29H37F3N2O2/c1-27-14-12-23-21(9-11-24-28(23,2)15-13-26(36)34(24)3)22(27)10-8-20(27)16-25(35)33-17-18-4-6-19(7-5-18)29(30,31)32/h4-7,13,15,20-24H,8-12,14,16-17H2,1-3H3,(H,33,35)/t20-,21?,22?,23?,24?,27-,28-/m1/s1. The number of likely N-dealkylation sites (N-methyl/N-ethyl adjacent to an activating group) is 1. The highest BCUT2D eigenvalue weighted by Gasteiger charge is 2.60. The molecule has 0 saturated heterocycles. The summed E-state index contributed by atoms with van der Waals surface area (Å²) in [5, 5.41) is 2.94. The van der Waals surface area contributed by atoms with Crippen LogP contribution in [0.1, 0.15) is 69.9 Å². The van der Waals surface area contributed by atoms with Crippen LogP contribution in [0.2, 0.25) is 0 Å². The Morgan fingerprint density at radius 3 is 2.47 bits per heavy atom. The van der Waals surface area contributed by atoms with Crippen LogP contribution in [0, 0.1) is 34.5 Å². The normalized spacial score (nSPS) is 37.8. The molecule has 0 radical (unpaired) electrons. The SMILES string of the molecule is CN1C(=O)C=C[C@]2(C)C3CC[C@@]4(C)C(CC[C@@H]4CC(=O)NCc4ccc(C(F)(F)F)cc4)C3CCC12. The lowest BCUT2D eigenvalue weighted by Gasteiger charge is -2.60. The Kier molecular flexibility index (Phi) is 6.27. The quantitative estimate of drug-likeness (QED) is 0.552. The number of alkyl halides is 3. The minimum atomic E-state index is -4.35. The first-order valence-electron chi connectivity index (χ1n) is 13.3. The number of hydrogen-bond acceptors (Lipinski definition) is 2. The molecule has 0 aromatic heterocycles. The molecule has 36 heavy (non-hydrogen) atoms. The zero-order valence-corrected chi connectivity index (χ0v) is 21.4. The summed E-state index contributed by atoms with van der Waals surface area (Å²) in [6.45, 7) is 4.97. The third-order valence-corrected chi connectivity index (χ3v) is 10.5. The summed E-state index contributed by atoms with van der Waals surface area (Å²) in [5.74, 6) is 2.20. The average molecular weight is 503 g/mol. The van der Waals surface area contributed by atoms with E-state index in [2.05, 4.69) is 25.2 Å². The zero-order chi connectivity index (χ0) is 25.9. The highest BCUT2D eigenvalue weighted by molar-refractivity contribution is 5.89. The fourth-order valence-corrected chi connectivity index (χ4v) is 8.49. The van der Waals surface area contributed by atoms with E-state index in [1.54, 1.807) is 6.08 Å². The van der Waals surface area contributed by atoms with E-state index in [1.807, 2.05) is 11.9 Å². The van der Waals surface area contributed by atoms with E-state index in [0.717, 1.165) is 50.7 Å². The van der Waals surface area contributed by atoms with Gasteiger partial charge >= 0.3 is 6.18 Å². The van der Waals surface area contributed by atoms with Crippen molar-refractivity contribution in [3.63, 3.8) is 0 Å². The lowest BCUT2D eigenvalue weighted by Crippen LogP contribution is -2.59. The predicted octanol–water partition coefficient (Wildman–Crippen LogP) is 5.97. The number of nitrogens with zero attached hydrogens (tertiary/aromatic N) is 1. The number of halogens is 3. The topological polar surface area (TPSA) is 49.4 Å². The predicted molar refractivity (Wildman–Crippen MR) is 131 cm³/mol. The number of carbonyl (C=O) groups is 2. The van der Waals surface area contributed by atoms with E-state index in [1.165, 1.54) is 12.1 Å². The van der Waals surface area contributed by atoms with Gasteiger partial charge in [0, 0.05) is 31.5 Å². The molecule has 1 aliphatic heterocycles. The Balaban J connectivity index is 1.22. The van der Waals surface area contributed by atoms with Crippen LogP contribution in [0.25, 0.3) is 0 Å². The molecule has 196 valence electrons. The number of carbonyl (C=O) groups excluding carboxylic acids is 2. The molecule has 5 rings (SSSR count). The summed E-state index contributed by atoms with van der Waals surface area (Å²) >= 11 is 0. The molecule has 4 nitrogen and oxygen atoms in total. The molecule has 3 saturated carbocycles. The maximum Gasteiger partial charge on any atom is 0.416 e. The molecule has 2 amide bonds. The van der Waals surface area contributed by atoms with Gasteiger partial charge < -0.3 is 10.2 Å². The van der Waals surface area contributed by atoms with Gasteiger partial charge in [0.15, 0.2) is 0 Å². The molecule has 4 unspecified atom stereocenters. The van der Waals surface area contributed by atoms with Crippen LogP contribution in [0.15, 0.2) is 36.4 Å². The minimum Gasteiger partial charge on any atom is -0.352 e. The van der Waals surface area contributed by atoms with Crippen molar-refractivity contribution in [1.29, 1.82) is 0 Å². The van der Waals surface area contributed by atoms with Crippen LogP contribution >= 0.6 is 0 Å². The molecule has 7 heteroatoms. The third kappa shape index (κ3) is 4.16. The molecule has 3 aliphatic carbocycles. The summed E-state index contributed by atoms with van der Waals surface area (Å²) in [6, 6.07) is 5.26. The molecule has 0 bridgehead atoms. The Hall–Kier alpha value is -2.31. The first kappa shape index (κ1) is 25.3. The van der Waals surface area contributed by atoms with Crippen LogP contribution in [-0.2, 0) is 22.3 Å². The van der Waals surface area contributed by atoms with Crippen molar-refractivity contribution in [2.24, 2.45) is 34.5 Å². The van der Waals surface area contributed by atoms with Crippen molar-refractivity contribution in [2.75, 3.05) is 7.05 Å². The molecule has 3 fully saturated rings. The number of hydrogen-bond donors (Lipinski definition) is 1. The number of fused-ring (bicyclic) bond motifs is 5. The fourth-order valence-electron chi connectivity index (χ4n) is 8.49. The van der Waals surface area contributed by atoms with Gasteiger partial charge in [-0.3, -0.25) is 9.59 Å². The number of rotatable bonds is 4. The van der Waals surface area contributed by atoms with Crippen molar-refractivity contribution in [3.05, 3.63) is 47.5 Å². The highest BCUT2D eigenvalue weighted by atomic mass is 19.4. The molecule has 4 aliphatic rings. The Morgan fingerprint density at radius 1 is 1.06 bits per heavy atom. The molecule has 1 heterocycles. The number of nitrogens with one attached hydrogen (secondary N) is 1. The van der Waals surface area contributed by atoms with E-state index in [9.17, 15) is 22.8 Å². The van der Waals surface area contributed by atoms with Gasteiger partial charge in [-0.1, -0.05) is 32.1 Å². The van der Waals surface area contributed by atoms with Crippen LogP contribution in [0.3, 0.4) is 0 Å². The maximum absolute atomic E-state index is 12.9. The van der Waals surface area contributed by atoms with Gasteiger partial charge in [0.2, 0.25) is 11.8 Å². The van der Waals surface area contributed by atoms with Gasteiger partial charge in [-0.25, -0.2) is 0 Å². The van der Waals surface area contributed by atoms with Gasteiger partial charge in [-0.05, 0) is 91.4 Å². The number of amides is 2. The van der Waals surface area contributed by atoms with E-state index in [-0.39, 0.29) is 35.2 Å². The fraction of sp³-hybridized carbons (Fsp3) is 0.655. The first-order valence-corrected chi connectivity index (χ1v) is 13.3. The Labute approximate surface area is 211 Å². The Bertz CT molecular complexity index is 1050. The van der Waals surface area contributed by atoms with Gasteiger partial charge in [-0.15, -0.1) is 0 Å². The molecular weight excluding hydrogens is 465 g/mol. The monoisotopic (exact) mass is 502 g/mol. The van der Waals surface area contributed by atoms with E-state index < -0.39 is 11.7 Å². The molecule has 1 aromatic rings. The smallest absolute Gasteiger partial charge is 0.352 e. The molecule has 0 spiro atoms. The minimum absolute atomic E-state index is 0.0179.